The Hall–Kier alpha value is -1.18. The summed E-state index contributed by atoms with van der Waals surface area (Å²) in [5, 5.41) is 19.8. The first kappa shape index (κ1) is 14.9. The maximum Gasteiger partial charge on any atom is 0.119 e. The molecule has 0 amide bonds. The molecule has 2 N–H and O–H groups in total. The van der Waals surface area contributed by atoms with E-state index in [1.54, 1.807) is 18.2 Å². The topological polar surface area (TPSA) is 40.5 Å². The summed E-state index contributed by atoms with van der Waals surface area (Å²) in [6.45, 7) is 6.54. The second-order valence-corrected chi connectivity index (χ2v) is 5.23. The Balaban J connectivity index is 3.24. The third kappa shape index (κ3) is 3.18. The van der Waals surface area contributed by atoms with Gasteiger partial charge in [0.05, 0.1) is 0 Å². The van der Waals surface area contributed by atoms with Crippen molar-refractivity contribution in [3.63, 3.8) is 0 Å². The minimum Gasteiger partial charge on any atom is -0.508 e. The molecule has 0 spiro atoms. The van der Waals surface area contributed by atoms with Crippen LogP contribution in [0.25, 0.3) is 0 Å². The van der Waals surface area contributed by atoms with Crippen LogP contribution in [0.3, 0.4) is 0 Å². The molecule has 1 aromatic carbocycles. The van der Waals surface area contributed by atoms with E-state index in [9.17, 15) is 10.2 Å². The van der Waals surface area contributed by atoms with Crippen LogP contribution < -0.4 is 0 Å². The SMILES string of the molecule is CCCC(CCC)(CCC)c1cc(O)ccc1O. The molecule has 2 nitrogen and oxygen atoms in total. The van der Waals surface area contributed by atoms with Crippen LogP contribution in [-0.2, 0) is 5.41 Å². The van der Waals surface area contributed by atoms with Gasteiger partial charge in [0.1, 0.15) is 11.5 Å². The first-order chi connectivity index (χ1) is 8.59. The van der Waals surface area contributed by atoms with Gasteiger partial charge in [0.2, 0.25) is 0 Å². The van der Waals surface area contributed by atoms with Crippen molar-refractivity contribution in [3.8, 4) is 11.5 Å². The van der Waals surface area contributed by atoms with E-state index in [0.29, 0.717) is 5.75 Å². The van der Waals surface area contributed by atoms with Gasteiger partial charge in [-0.25, -0.2) is 0 Å². The predicted molar refractivity (Wildman–Crippen MR) is 76.2 cm³/mol. The van der Waals surface area contributed by atoms with Crippen LogP contribution in [0.5, 0.6) is 11.5 Å². The van der Waals surface area contributed by atoms with Gasteiger partial charge in [-0.3, -0.25) is 0 Å². The largest absolute Gasteiger partial charge is 0.508 e. The summed E-state index contributed by atoms with van der Waals surface area (Å²) in [5.41, 5.74) is 0.939. The average Bonchev–Trinajstić information content (AvgIpc) is 2.33. The van der Waals surface area contributed by atoms with Gasteiger partial charge in [0.15, 0.2) is 0 Å². The average molecular weight is 250 g/mol. The fraction of sp³-hybridized carbons (Fsp3) is 0.625. The van der Waals surface area contributed by atoms with E-state index in [-0.39, 0.29) is 11.2 Å². The van der Waals surface area contributed by atoms with Crippen molar-refractivity contribution in [2.24, 2.45) is 0 Å². The monoisotopic (exact) mass is 250 g/mol. The lowest BCUT2D eigenvalue weighted by atomic mass is 9.70. The number of hydrogen-bond donors (Lipinski definition) is 2. The highest BCUT2D eigenvalue weighted by Gasteiger charge is 2.32. The molecule has 2 heteroatoms. The highest BCUT2D eigenvalue weighted by molar-refractivity contribution is 5.43. The molecule has 102 valence electrons. The predicted octanol–water partition coefficient (Wildman–Crippen LogP) is 4.74. The van der Waals surface area contributed by atoms with Gasteiger partial charge in [-0.2, -0.15) is 0 Å². The molecular weight excluding hydrogens is 224 g/mol. The summed E-state index contributed by atoms with van der Waals surface area (Å²) >= 11 is 0. The van der Waals surface area contributed by atoms with Crippen LogP contribution in [0.4, 0.5) is 0 Å². The molecule has 0 atom stereocenters. The lowest BCUT2D eigenvalue weighted by molar-refractivity contribution is 0.311. The van der Waals surface area contributed by atoms with Crippen LogP contribution in [0, 0.1) is 0 Å². The molecule has 0 fully saturated rings. The molecule has 1 rings (SSSR count). The Kier molecular flexibility index (Phi) is 5.52. The normalized spacial score (nSPS) is 11.7. The first-order valence-corrected chi connectivity index (χ1v) is 7.12. The first-order valence-electron chi connectivity index (χ1n) is 7.12. The van der Waals surface area contributed by atoms with Crippen LogP contribution >= 0.6 is 0 Å². The van der Waals surface area contributed by atoms with Gasteiger partial charge in [0, 0.05) is 5.56 Å². The zero-order valence-electron chi connectivity index (χ0n) is 11.9. The molecule has 0 aliphatic heterocycles. The van der Waals surface area contributed by atoms with Crippen molar-refractivity contribution < 1.29 is 10.2 Å². The second kappa shape index (κ2) is 6.67. The minimum atomic E-state index is 0.0150. The second-order valence-electron chi connectivity index (χ2n) is 5.23. The van der Waals surface area contributed by atoms with Gasteiger partial charge in [-0.1, -0.05) is 40.0 Å². The molecule has 1 aromatic rings. The summed E-state index contributed by atoms with van der Waals surface area (Å²) in [4.78, 5) is 0. The fourth-order valence-electron chi connectivity index (χ4n) is 3.16. The van der Waals surface area contributed by atoms with Crippen molar-refractivity contribution in [1.82, 2.24) is 0 Å². The molecule has 0 saturated heterocycles. The molecule has 0 aliphatic rings. The molecule has 0 heterocycles. The molecule has 0 bridgehead atoms. The van der Waals surface area contributed by atoms with Crippen molar-refractivity contribution in [1.29, 1.82) is 0 Å². The van der Waals surface area contributed by atoms with E-state index in [1.807, 2.05) is 0 Å². The third-order valence-corrected chi connectivity index (χ3v) is 3.74. The Labute approximate surface area is 111 Å². The van der Waals surface area contributed by atoms with E-state index in [4.69, 9.17) is 0 Å². The van der Waals surface area contributed by atoms with Crippen LogP contribution in [0.2, 0.25) is 0 Å². The van der Waals surface area contributed by atoms with E-state index in [1.165, 1.54) is 0 Å². The highest BCUT2D eigenvalue weighted by atomic mass is 16.3. The summed E-state index contributed by atoms with van der Waals surface area (Å²) in [6, 6.07) is 4.91. The molecule has 0 saturated carbocycles. The van der Waals surface area contributed by atoms with Gasteiger partial charge < -0.3 is 10.2 Å². The van der Waals surface area contributed by atoms with Crippen molar-refractivity contribution in [2.75, 3.05) is 0 Å². The molecular formula is C16H26O2. The van der Waals surface area contributed by atoms with Crippen LogP contribution in [0.15, 0.2) is 18.2 Å². The summed E-state index contributed by atoms with van der Waals surface area (Å²) in [6.07, 6.45) is 6.46. The zero-order valence-corrected chi connectivity index (χ0v) is 11.9. The Morgan fingerprint density at radius 3 is 1.83 bits per heavy atom. The van der Waals surface area contributed by atoms with Crippen LogP contribution in [-0.4, -0.2) is 10.2 Å². The number of benzene rings is 1. The van der Waals surface area contributed by atoms with E-state index in [0.717, 1.165) is 44.1 Å². The van der Waals surface area contributed by atoms with Gasteiger partial charge >= 0.3 is 0 Å². The van der Waals surface area contributed by atoms with Crippen molar-refractivity contribution in [3.05, 3.63) is 23.8 Å². The number of phenols is 2. The van der Waals surface area contributed by atoms with E-state index >= 15 is 0 Å². The highest BCUT2D eigenvalue weighted by Crippen LogP contribution is 2.43. The van der Waals surface area contributed by atoms with E-state index in [2.05, 4.69) is 20.8 Å². The van der Waals surface area contributed by atoms with Gasteiger partial charge in [0.25, 0.3) is 0 Å². The standard InChI is InChI=1S/C16H26O2/c1-4-9-16(10-5-2,11-6-3)14-12-13(17)7-8-15(14)18/h7-8,12,17-18H,4-6,9-11H2,1-3H3. The van der Waals surface area contributed by atoms with E-state index < -0.39 is 0 Å². The van der Waals surface area contributed by atoms with Gasteiger partial charge in [-0.05, 0) is 42.9 Å². The number of phenolic OH excluding ortho intramolecular Hbond substituents is 2. The van der Waals surface area contributed by atoms with Crippen LogP contribution in [0.1, 0.15) is 64.9 Å². The maximum absolute atomic E-state index is 10.1. The lowest BCUT2D eigenvalue weighted by Gasteiger charge is -2.34. The Bertz CT molecular complexity index is 354. The number of aromatic hydroxyl groups is 2. The third-order valence-electron chi connectivity index (χ3n) is 3.74. The fourth-order valence-corrected chi connectivity index (χ4v) is 3.16. The summed E-state index contributed by atoms with van der Waals surface area (Å²) < 4.78 is 0. The van der Waals surface area contributed by atoms with Crippen molar-refractivity contribution in [2.45, 2.75) is 64.7 Å². The smallest absolute Gasteiger partial charge is 0.119 e. The summed E-state index contributed by atoms with van der Waals surface area (Å²) in [5.74, 6) is 0.568. The zero-order chi connectivity index (χ0) is 13.6. The molecule has 18 heavy (non-hydrogen) atoms. The molecule has 0 radical (unpaired) electrons. The molecule has 0 aromatic heterocycles. The Morgan fingerprint density at radius 1 is 0.889 bits per heavy atom. The lowest BCUT2D eigenvalue weighted by Crippen LogP contribution is -2.26. The quantitative estimate of drug-likeness (QED) is 0.686. The van der Waals surface area contributed by atoms with Gasteiger partial charge in [-0.15, -0.1) is 0 Å². The molecule has 0 unspecified atom stereocenters. The number of hydrogen-bond acceptors (Lipinski definition) is 2. The molecule has 0 aliphatic carbocycles. The Morgan fingerprint density at radius 2 is 1.39 bits per heavy atom. The maximum atomic E-state index is 10.1. The minimum absolute atomic E-state index is 0.0150. The number of rotatable bonds is 7. The summed E-state index contributed by atoms with van der Waals surface area (Å²) in [7, 11) is 0. The van der Waals surface area contributed by atoms with Crippen molar-refractivity contribution >= 4 is 0 Å².